The number of nitrogens with zero attached hydrogens (tertiary/aromatic N) is 2. The highest BCUT2D eigenvalue weighted by Gasteiger charge is 2.15. The Balaban J connectivity index is 1.74. The normalized spacial score (nSPS) is 12.3. The van der Waals surface area contributed by atoms with Crippen molar-refractivity contribution in [1.29, 1.82) is 0 Å². The smallest absolute Gasteiger partial charge is 0.303 e. The van der Waals surface area contributed by atoms with Gasteiger partial charge in [0, 0.05) is 19.0 Å². The van der Waals surface area contributed by atoms with Crippen molar-refractivity contribution in [2.45, 2.75) is 51.7 Å². The summed E-state index contributed by atoms with van der Waals surface area (Å²) < 4.78 is 2.26. The van der Waals surface area contributed by atoms with Gasteiger partial charge < -0.3 is 15.0 Å². The summed E-state index contributed by atoms with van der Waals surface area (Å²) in [5.41, 5.74) is 3.37. The highest BCUT2D eigenvalue weighted by Crippen LogP contribution is 2.17. The molecule has 0 saturated heterocycles. The van der Waals surface area contributed by atoms with Crippen LogP contribution >= 0.6 is 0 Å². The van der Waals surface area contributed by atoms with Gasteiger partial charge in [0.15, 0.2) is 0 Å². The van der Waals surface area contributed by atoms with Gasteiger partial charge >= 0.3 is 5.97 Å². The highest BCUT2D eigenvalue weighted by molar-refractivity contribution is 5.75. The fraction of sp³-hybridized carbons (Fsp3) is 0.364. The predicted octanol–water partition coefficient (Wildman–Crippen LogP) is 4.01. The fourth-order valence-electron chi connectivity index (χ4n) is 3.44. The fourth-order valence-corrected chi connectivity index (χ4v) is 3.44. The molecule has 2 N–H and O–H groups in total. The van der Waals surface area contributed by atoms with Gasteiger partial charge in [-0.1, -0.05) is 49.4 Å². The quantitative estimate of drug-likeness (QED) is 0.570. The molecule has 1 unspecified atom stereocenters. The van der Waals surface area contributed by atoms with E-state index < -0.39 is 5.97 Å². The van der Waals surface area contributed by atoms with E-state index in [4.69, 9.17) is 10.1 Å². The number of carboxylic acids is 1. The second-order valence-corrected chi connectivity index (χ2v) is 6.87. The number of rotatable bonds is 10. The van der Waals surface area contributed by atoms with Crippen LogP contribution in [0.25, 0.3) is 11.0 Å². The van der Waals surface area contributed by atoms with E-state index in [-0.39, 0.29) is 12.5 Å². The van der Waals surface area contributed by atoms with Crippen molar-refractivity contribution < 1.29 is 9.90 Å². The molecule has 0 radical (unpaired) electrons. The molecular formula is C22H27N3O2. The minimum absolute atomic E-state index is 0.0957. The predicted molar refractivity (Wildman–Crippen MR) is 108 cm³/mol. The molecule has 142 valence electrons. The topological polar surface area (TPSA) is 67.2 Å². The van der Waals surface area contributed by atoms with Gasteiger partial charge in [-0.05, 0) is 37.0 Å². The zero-order chi connectivity index (χ0) is 19.1. The molecule has 0 aliphatic rings. The number of aliphatic carboxylic acids is 1. The molecule has 0 amide bonds. The number of carboxylic acid groups (broad SMARTS) is 1. The number of benzene rings is 2. The summed E-state index contributed by atoms with van der Waals surface area (Å²) in [6.45, 7) is 3.72. The molecule has 0 saturated carbocycles. The molecule has 0 aliphatic carbocycles. The van der Waals surface area contributed by atoms with E-state index in [0.29, 0.717) is 13.0 Å². The maximum absolute atomic E-state index is 11.0. The number of carbonyl (C=O) groups is 1. The first-order chi connectivity index (χ1) is 13.2. The van der Waals surface area contributed by atoms with Crippen LogP contribution in [0.15, 0.2) is 54.6 Å². The Kier molecular flexibility index (Phi) is 6.60. The molecule has 1 atom stereocenters. The molecule has 1 aromatic heterocycles. The monoisotopic (exact) mass is 365 g/mol. The van der Waals surface area contributed by atoms with Crippen LogP contribution in [0.3, 0.4) is 0 Å². The molecule has 3 rings (SSSR count). The minimum atomic E-state index is -0.756. The first-order valence-corrected chi connectivity index (χ1v) is 9.60. The Morgan fingerprint density at radius 2 is 1.89 bits per heavy atom. The van der Waals surface area contributed by atoms with Crippen molar-refractivity contribution in [3.05, 3.63) is 66.0 Å². The molecule has 5 heteroatoms. The molecular weight excluding hydrogens is 338 g/mol. The average Bonchev–Trinajstić information content (AvgIpc) is 3.03. The van der Waals surface area contributed by atoms with E-state index >= 15 is 0 Å². The van der Waals surface area contributed by atoms with E-state index in [0.717, 1.165) is 36.2 Å². The van der Waals surface area contributed by atoms with Crippen molar-refractivity contribution >= 4 is 17.0 Å². The Morgan fingerprint density at radius 3 is 2.63 bits per heavy atom. The maximum Gasteiger partial charge on any atom is 0.303 e. The number of imidazole rings is 1. The Labute approximate surface area is 160 Å². The van der Waals surface area contributed by atoms with E-state index in [9.17, 15) is 4.79 Å². The van der Waals surface area contributed by atoms with Crippen LogP contribution in [0.1, 0.15) is 37.6 Å². The summed E-state index contributed by atoms with van der Waals surface area (Å²) in [6.07, 6.45) is 2.61. The standard InChI is InChI=1S/C22H27N3O2/c1-2-14-25-20-11-7-6-10-19(20)24-21(25)16-23-18(12-13-22(26)27)15-17-8-4-3-5-9-17/h3-11,18,23H,2,12-16H2,1H3,(H,26,27). The van der Waals surface area contributed by atoms with Crippen LogP contribution in [-0.4, -0.2) is 26.7 Å². The first-order valence-electron chi connectivity index (χ1n) is 9.60. The molecule has 0 aliphatic heterocycles. The maximum atomic E-state index is 11.0. The average molecular weight is 365 g/mol. The van der Waals surface area contributed by atoms with Gasteiger partial charge in [0.05, 0.1) is 17.6 Å². The molecule has 2 aromatic carbocycles. The van der Waals surface area contributed by atoms with Crippen molar-refractivity contribution in [2.75, 3.05) is 0 Å². The lowest BCUT2D eigenvalue weighted by atomic mass is 10.0. The molecule has 5 nitrogen and oxygen atoms in total. The van der Waals surface area contributed by atoms with Crippen LogP contribution in [0.4, 0.5) is 0 Å². The lowest BCUT2D eigenvalue weighted by Gasteiger charge is -2.19. The Bertz CT molecular complexity index is 874. The van der Waals surface area contributed by atoms with Gasteiger partial charge in [-0.25, -0.2) is 4.98 Å². The van der Waals surface area contributed by atoms with Crippen LogP contribution < -0.4 is 5.32 Å². The second kappa shape index (κ2) is 9.33. The largest absolute Gasteiger partial charge is 0.481 e. The SMILES string of the molecule is CCCn1c(CNC(CCC(=O)O)Cc2ccccc2)nc2ccccc21. The summed E-state index contributed by atoms with van der Waals surface area (Å²) in [6, 6.07) is 18.5. The van der Waals surface area contributed by atoms with Gasteiger partial charge in [0.1, 0.15) is 5.82 Å². The van der Waals surface area contributed by atoms with Crippen LogP contribution in [-0.2, 0) is 24.3 Å². The van der Waals surface area contributed by atoms with E-state index in [2.05, 4.69) is 35.0 Å². The van der Waals surface area contributed by atoms with E-state index in [1.165, 1.54) is 5.56 Å². The summed E-state index contributed by atoms with van der Waals surface area (Å²) in [4.78, 5) is 15.8. The van der Waals surface area contributed by atoms with Crippen molar-refractivity contribution in [3.8, 4) is 0 Å². The third-order valence-corrected chi connectivity index (χ3v) is 4.76. The highest BCUT2D eigenvalue weighted by atomic mass is 16.4. The summed E-state index contributed by atoms with van der Waals surface area (Å²) in [7, 11) is 0. The lowest BCUT2D eigenvalue weighted by Crippen LogP contribution is -2.32. The molecule has 1 heterocycles. The van der Waals surface area contributed by atoms with Gasteiger partial charge in [-0.2, -0.15) is 0 Å². The molecule has 3 aromatic rings. The number of hydrogen-bond donors (Lipinski definition) is 2. The first kappa shape index (κ1) is 19.1. The molecule has 0 spiro atoms. The summed E-state index contributed by atoms with van der Waals surface area (Å²) in [5, 5.41) is 12.6. The Morgan fingerprint density at radius 1 is 1.15 bits per heavy atom. The number of fused-ring (bicyclic) bond motifs is 1. The molecule has 27 heavy (non-hydrogen) atoms. The van der Waals surface area contributed by atoms with Gasteiger partial charge in [-0.15, -0.1) is 0 Å². The second-order valence-electron chi connectivity index (χ2n) is 6.87. The number of aryl methyl sites for hydroxylation is 1. The van der Waals surface area contributed by atoms with Crippen LogP contribution in [0, 0.1) is 0 Å². The van der Waals surface area contributed by atoms with Crippen LogP contribution in [0.5, 0.6) is 0 Å². The third kappa shape index (κ3) is 5.17. The molecule has 0 fully saturated rings. The Hall–Kier alpha value is -2.66. The number of aromatic nitrogens is 2. The van der Waals surface area contributed by atoms with Crippen molar-refractivity contribution in [3.63, 3.8) is 0 Å². The minimum Gasteiger partial charge on any atom is -0.481 e. The van der Waals surface area contributed by atoms with Crippen molar-refractivity contribution in [2.24, 2.45) is 0 Å². The zero-order valence-electron chi connectivity index (χ0n) is 15.8. The number of nitrogens with one attached hydrogen (secondary N) is 1. The van der Waals surface area contributed by atoms with Crippen molar-refractivity contribution in [1.82, 2.24) is 14.9 Å². The van der Waals surface area contributed by atoms with E-state index in [1.54, 1.807) is 0 Å². The summed E-state index contributed by atoms with van der Waals surface area (Å²) in [5.74, 6) is 0.250. The van der Waals surface area contributed by atoms with Gasteiger partial charge in [0.25, 0.3) is 0 Å². The van der Waals surface area contributed by atoms with E-state index in [1.807, 2.05) is 36.4 Å². The number of hydrogen-bond acceptors (Lipinski definition) is 3. The van der Waals surface area contributed by atoms with Gasteiger partial charge in [-0.3, -0.25) is 4.79 Å². The van der Waals surface area contributed by atoms with Crippen LogP contribution in [0.2, 0.25) is 0 Å². The summed E-state index contributed by atoms with van der Waals surface area (Å²) >= 11 is 0. The number of para-hydroxylation sites is 2. The molecule has 0 bridgehead atoms. The lowest BCUT2D eigenvalue weighted by molar-refractivity contribution is -0.137. The van der Waals surface area contributed by atoms with Gasteiger partial charge in [0.2, 0.25) is 0 Å². The third-order valence-electron chi connectivity index (χ3n) is 4.76. The zero-order valence-corrected chi connectivity index (χ0v) is 15.8.